The van der Waals surface area contributed by atoms with Crippen molar-refractivity contribution in [2.24, 2.45) is 0 Å². The molecule has 8 heteroatoms. The van der Waals surface area contributed by atoms with Crippen LogP contribution in [0.25, 0.3) is 0 Å². The van der Waals surface area contributed by atoms with Gasteiger partial charge in [0.15, 0.2) is 11.5 Å². The number of hydrogen-bond acceptors (Lipinski definition) is 5. The second-order valence-corrected chi connectivity index (χ2v) is 10.6. The van der Waals surface area contributed by atoms with Crippen molar-refractivity contribution < 1.29 is 22.7 Å². The Kier molecular flexibility index (Phi) is 6.83. The summed E-state index contributed by atoms with van der Waals surface area (Å²) in [5.41, 5.74) is 4.17. The number of nitrogens with zero attached hydrogens (tertiary/aromatic N) is 1. The van der Waals surface area contributed by atoms with Crippen molar-refractivity contribution in [3.63, 3.8) is 0 Å². The van der Waals surface area contributed by atoms with Crippen LogP contribution in [-0.2, 0) is 27.7 Å². The number of rotatable bonds is 7. The van der Waals surface area contributed by atoms with Crippen molar-refractivity contribution in [1.29, 1.82) is 0 Å². The molecule has 2 aliphatic rings. The lowest BCUT2D eigenvalue weighted by Crippen LogP contribution is -2.48. The fourth-order valence-corrected chi connectivity index (χ4v) is 5.83. The van der Waals surface area contributed by atoms with E-state index >= 15 is 0 Å². The van der Waals surface area contributed by atoms with Crippen LogP contribution in [-0.4, -0.2) is 39.8 Å². The Morgan fingerprint density at radius 1 is 1.03 bits per heavy atom. The van der Waals surface area contributed by atoms with Crippen LogP contribution in [0.3, 0.4) is 0 Å². The Morgan fingerprint density at radius 2 is 1.73 bits per heavy atom. The smallest absolute Gasteiger partial charge is 0.244 e. The van der Waals surface area contributed by atoms with Gasteiger partial charge in [-0.05, 0) is 67.9 Å². The average molecular weight is 473 g/mol. The minimum absolute atomic E-state index is 0.186. The summed E-state index contributed by atoms with van der Waals surface area (Å²) in [6.45, 7) is 4.46. The van der Waals surface area contributed by atoms with Crippen LogP contribution < -0.4 is 19.1 Å². The lowest BCUT2D eigenvalue weighted by atomic mass is 9.88. The van der Waals surface area contributed by atoms with Gasteiger partial charge in [-0.15, -0.1) is 0 Å². The molecule has 2 aromatic carbocycles. The van der Waals surface area contributed by atoms with Gasteiger partial charge in [0.25, 0.3) is 0 Å². The highest BCUT2D eigenvalue weighted by atomic mass is 32.2. The maximum Gasteiger partial charge on any atom is 0.244 e. The number of anilines is 1. The number of sulfonamides is 1. The van der Waals surface area contributed by atoms with Gasteiger partial charge in [0.05, 0.1) is 18.0 Å². The fourth-order valence-electron chi connectivity index (χ4n) is 4.66. The molecule has 2 unspecified atom stereocenters. The van der Waals surface area contributed by atoms with Crippen molar-refractivity contribution >= 4 is 21.6 Å². The molecule has 0 radical (unpaired) electrons. The predicted octanol–water partition coefficient (Wildman–Crippen LogP) is 3.76. The minimum atomic E-state index is -3.73. The van der Waals surface area contributed by atoms with E-state index in [2.05, 4.69) is 23.5 Å². The zero-order valence-electron chi connectivity index (χ0n) is 19.5. The normalized spacial score (nSPS) is 16.9. The predicted molar refractivity (Wildman–Crippen MR) is 128 cm³/mol. The molecule has 4 rings (SSSR count). The summed E-state index contributed by atoms with van der Waals surface area (Å²) >= 11 is 0. The number of benzene rings is 2. The third-order valence-electron chi connectivity index (χ3n) is 6.37. The molecule has 2 aromatic rings. The van der Waals surface area contributed by atoms with Crippen LogP contribution in [0.5, 0.6) is 11.5 Å². The first-order valence-corrected chi connectivity index (χ1v) is 13.4. The van der Waals surface area contributed by atoms with Gasteiger partial charge < -0.3 is 14.8 Å². The first-order valence-electron chi connectivity index (χ1n) is 11.6. The van der Waals surface area contributed by atoms with Crippen molar-refractivity contribution in [3.8, 4) is 11.5 Å². The standard InChI is InChI=1S/C25H32N2O5S/c1-4-22(20-10-9-18-7-5-6-8-19(18)15-20)26-25(28)17(2)27(33(3,29)30)21-11-12-23-24(16-21)32-14-13-31-23/h9-12,15-17,22H,4-8,13-14H2,1-3H3,(H,26,28). The van der Waals surface area contributed by atoms with Crippen LogP contribution in [0.4, 0.5) is 5.69 Å². The van der Waals surface area contributed by atoms with Gasteiger partial charge >= 0.3 is 0 Å². The van der Waals surface area contributed by atoms with E-state index in [1.54, 1.807) is 25.1 Å². The van der Waals surface area contributed by atoms with E-state index < -0.39 is 16.1 Å². The number of carbonyl (C=O) groups excluding carboxylic acids is 1. The monoisotopic (exact) mass is 472 g/mol. The maximum absolute atomic E-state index is 13.3. The Hall–Kier alpha value is -2.74. The van der Waals surface area contributed by atoms with Crippen LogP contribution in [0, 0.1) is 0 Å². The molecule has 0 saturated carbocycles. The van der Waals surface area contributed by atoms with Gasteiger partial charge in [0.2, 0.25) is 15.9 Å². The second-order valence-electron chi connectivity index (χ2n) is 8.77. The summed E-state index contributed by atoms with van der Waals surface area (Å²) in [6, 6.07) is 10.2. The molecule has 0 saturated heterocycles. The molecule has 0 aromatic heterocycles. The molecule has 7 nitrogen and oxygen atoms in total. The zero-order valence-corrected chi connectivity index (χ0v) is 20.3. The number of hydrogen-bond donors (Lipinski definition) is 1. The summed E-state index contributed by atoms with van der Waals surface area (Å²) in [7, 11) is -3.73. The van der Waals surface area contributed by atoms with Crippen molar-refractivity contribution in [3.05, 3.63) is 53.1 Å². The van der Waals surface area contributed by atoms with E-state index in [1.807, 2.05) is 6.92 Å². The van der Waals surface area contributed by atoms with E-state index in [0.717, 1.165) is 29.0 Å². The van der Waals surface area contributed by atoms with Gasteiger partial charge in [0, 0.05) is 6.07 Å². The first-order chi connectivity index (χ1) is 15.8. The number of carbonyl (C=O) groups is 1. The summed E-state index contributed by atoms with van der Waals surface area (Å²) in [5, 5.41) is 3.07. The molecule has 1 N–H and O–H groups in total. The number of ether oxygens (including phenoxy) is 2. The van der Waals surface area contributed by atoms with Gasteiger partial charge in [0.1, 0.15) is 19.3 Å². The second kappa shape index (κ2) is 9.63. The largest absolute Gasteiger partial charge is 0.486 e. The maximum atomic E-state index is 13.3. The fraction of sp³-hybridized carbons (Fsp3) is 0.480. The molecule has 0 bridgehead atoms. The zero-order chi connectivity index (χ0) is 23.6. The molecule has 178 valence electrons. The molecular weight excluding hydrogens is 440 g/mol. The highest BCUT2D eigenvalue weighted by molar-refractivity contribution is 7.92. The molecule has 33 heavy (non-hydrogen) atoms. The lowest BCUT2D eigenvalue weighted by molar-refractivity contribution is -0.122. The summed E-state index contributed by atoms with van der Waals surface area (Å²) in [6.07, 6.45) is 6.40. The first kappa shape index (κ1) is 23.4. The SMILES string of the molecule is CCC(NC(=O)C(C)N(c1ccc2c(c1)OCCO2)S(C)(=O)=O)c1ccc2c(c1)CCCC2. The number of nitrogens with one attached hydrogen (secondary N) is 1. The minimum Gasteiger partial charge on any atom is -0.486 e. The number of amides is 1. The molecule has 1 aliphatic carbocycles. The van der Waals surface area contributed by atoms with E-state index in [0.29, 0.717) is 36.8 Å². The molecule has 1 heterocycles. The number of aryl methyl sites for hydroxylation is 2. The average Bonchev–Trinajstić information content (AvgIpc) is 2.81. The summed E-state index contributed by atoms with van der Waals surface area (Å²) in [5.74, 6) is 0.689. The van der Waals surface area contributed by atoms with Gasteiger partial charge in [-0.3, -0.25) is 9.10 Å². The molecular formula is C25H32N2O5S. The Morgan fingerprint density at radius 3 is 2.42 bits per heavy atom. The lowest BCUT2D eigenvalue weighted by Gasteiger charge is -2.31. The van der Waals surface area contributed by atoms with Crippen LogP contribution in [0.2, 0.25) is 0 Å². The van der Waals surface area contributed by atoms with Gasteiger partial charge in [-0.25, -0.2) is 8.42 Å². The van der Waals surface area contributed by atoms with E-state index in [4.69, 9.17) is 9.47 Å². The van der Waals surface area contributed by atoms with E-state index in [-0.39, 0.29) is 11.9 Å². The van der Waals surface area contributed by atoms with Crippen molar-refractivity contribution in [2.45, 2.75) is 58.0 Å². The van der Waals surface area contributed by atoms with Crippen molar-refractivity contribution in [2.75, 3.05) is 23.8 Å². The van der Waals surface area contributed by atoms with E-state index in [1.165, 1.54) is 24.0 Å². The third-order valence-corrected chi connectivity index (χ3v) is 7.61. The van der Waals surface area contributed by atoms with Crippen LogP contribution >= 0.6 is 0 Å². The Bertz CT molecular complexity index is 1130. The van der Waals surface area contributed by atoms with Crippen LogP contribution in [0.15, 0.2) is 36.4 Å². The van der Waals surface area contributed by atoms with Gasteiger partial charge in [-0.2, -0.15) is 0 Å². The Labute approximate surface area is 196 Å². The Balaban J connectivity index is 1.56. The molecule has 0 spiro atoms. The molecule has 1 amide bonds. The molecule has 0 fully saturated rings. The topological polar surface area (TPSA) is 84.9 Å². The van der Waals surface area contributed by atoms with E-state index in [9.17, 15) is 13.2 Å². The quantitative estimate of drug-likeness (QED) is 0.663. The number of fused-ring (bicyclic) bond motifs is 2. The highest BCUT2D eigenvalue weighted by Gasteiger charge is 2.31. The summed E-state index contributed by atoms with van der Waals surface area (Å²) < 4.78 is 37.7. The molecule has 2 atom stereocenters. The third kappa shape index (κ3) is 5.11. The summed E-state index contributed by atoms with van der Waals surface area (Å²) in [4.78, 5) is 13.3. The van der Waals surface area contributed by atoms with Crippen LogP contribution in [0.1, 0.15) is 55.8 Å². The molecule has 1 aliphatic heterocycles. The highest BCUT2D eigenvalue weighted by Crippen LogP contribution is 2.35. The van der Waals surface area contributed by atoms with Crippen molar-refractivity contribution in [1.82, 2.24) is 5.32 Å². The van der Waals surface area contributed by atoms with Gasteiger partial charge in [-0.1, -0.05) is 25.1 Å².